The van der Waals surface area contributed by atoms with Crippen LogP contribution in [-0.4, -0.2) is 24.0 Å². The van der Waals surface area contributed by atoms with Crippen molar-refractivity contribution in [1.82, 2.24) is 0 Å². The van der Waals surface area contributed by atoms with Gasteiger partial charge in [0, 0.05) is 23.9 Å². The van der Waals surface area contributed by atoms with Gasteiger partial charge in [-0.3, -0.25) is 14.9 Å². The van der Waals surface area contributed by atoms with Gasteiger partial charge >= 0.3 is 5.69 Å². The zero-order valence-corrected chi connectivity index (χ0v) is 11.2. The summed E-state index contributed by atoms with van der Waals surface area (Å²) in [5.74, 6) is -0.321. The lowest BCUT2D eigenvalue weighted by molar-refractivity contribution is -0.385. The molecule has 7 nitrogen and oxygen atoms in total. The van der Waals surface area contributed by atoms with Gasteiger partial charge in [0.15, 0.2) is 5.75 Å². The summed E-state index contributed by atoms with van der Waals surface area (Å²) >= 11 is 0. The van der Waals surface area contributed by atoms with E-state index in [4.69, 9.17) is 10.5 Å². The summed E-state index contributed by atoms with van der Waals surface area (Å²) in [6, 6.07) is 4.53. The Bertz CT molecular complexity index is 532. The molecule has 0 bridgehead atoms. The van der Waals surface area contributed by atoms with E-state index in [9.17, 15) is 14.9 Å². The molecule has 1 aliphatic rings. The molecule has 108 valence electrons. The number of primary amides is 1. The van der Waals surface area contributed by atoms with Gasteiger partial charge in [0.2, 0.25) is 5.91 Å². The number of nitrogens with two attached hydrogens (primary N) is 1. The van der Waals surface area contributed by atoms with E-state index in [1.54, 1.807) is 12.1 Å². The van der Waals surface area contributed by atoms with E-state index in [1.165, 1.54) is 13.2 Å². The third kappa shape index (κ3) is 2.81. The number of nitro groups is 1. The Balaban J connectivity index is 2.17. The first-order valence-corrected chi connectivity index (χ1v) is 6.41. The van der Waals surface area contributed by atoms with E-state index in [2.05, 4.69) is 5.32 Å². The number of ether oxygens (including phenoxy) is 1. The van der Waals surface area contributed by atoms with E-state index >= 15 is 0 Å². The fraction of sp³-hybridized carbons (Fsp3) is 0.462. The second kappa shape index (κ2) is 5.77. The fourth-order valence-electron chi connectivity index (χ4n) is 2.61. The first-order valence-electron chi connectivity index (χ1n) is 6.41. The van der Waals surface area contributed by atoms with Crippen molar-refractivity contribution in [1.29, 1.82) is 0 Å². The van der Waals surface area contributed by atoms with E-state index in [0.717, 1.165) is 19.3 Å². The van der Waals surface area contributed by atoms with Gasteiger partial charge in [0.05, 0.1) is 18.0 Å². The maximum Gasteiger partial charge on any atom is 0.311 e. The number of nitrogens with zero attached hydrogens (tertiary/aromatic N) is 1. The summed E-state index contributed by atoms with van der Waals surface area (Å²) in [5.41, 5.74) is 5.97. The second-order valence-electron chi connectivity index (χ2n) is 4.83. The maximum absolute atomic E-state index is 11.3. The van der Waals surface area contributed by atoms with Crippen LogP contribution in [0.25, 0.3) is 0 Å². The minimum absolute atomic E-state index is 0.0290. The van der Waals surface area contributed by atoms with Crippen LogP contribution in [0.3, 0.4) is 0 Å². The Labute approximate surface area is 116 Å². The Morgan fingerprint density at radius 2 is 2.25 bits per heavy atom. The number of hydrogen-bond donors (Lipinski definition) is 2. The van der Waals surface area contributed by atoms with E-state index < -0.39 is 4.92 Å². The van der Waals surface area contributed by atoms with Crippen LogP contribution in [0, 0.1) is 16.0 Å². The van der Waals surface area contributed by atoms with Gasteiger partial charge in [0.1, 0.15) is 0 Å². The first-order chi connectivity index (χ1) is 9.52. The van der Waals surface area contributed by atoms with Gasteiger partial charge in [-0.05, 0) is 18.9 Å². The zero-order valence-electron chi connectivity index (χ0n) is 11.2. The van der Waals surface area contributed by atoms with Gasteiger partial charge < -0.3 is 15.8 Å². The number of carbonyl (C=O) groups excluding carboxylic acids is 1. The molecule has 1 amide bonds. The summed E-state index contributed by atoms with van der Waals surface area (Å²) < 4.78 is 5.01. The van der Waals surface area contributed by atoms with Crippen LogP contribution in [-0.2, 0) is 4.79 Å². The van der Waals surface area contributed by atoms with Crippen LogP contribution in [0.4, 0.5) is 11.4 Å². The maximum atomic E-state index is 11.3. The van der Waals surface area contributed by atoms with Crippen LogP contribution in [0.5, 0.6) is 5.75 Å². The molecule has 1 saturated carbocycles. The molecule has 0 aromatic heterocycles. The average molecular weight is 279 g/mol. The molecule has 1 aromatic rings. The van der Waals surface area contributed by atoms with Gasteiger partial charge in [-0.2, -0.15) is 0 Å². The molecule has 0 unspecified atom stereocenters. The van der Waals surface area contributed by atoms with Crippen LogP contribution >= 0.6 is 0 Å². The normalized spacial score (nSPS) is 21.4. The molecule has 0 aliphatic heterocycles. The average Bonchev–Trinajstić information content (AvgIpc) is 2.86. The van der Waals surface area contributed by atoms with Crippen molar-refractivity contribution in [2.75, 3.05) is 12.4 Å². The zero-order chi connectivity index (χ0) is 14.7. The van der Waals surface area contributed by atoms with E-state index in [-0.39, 0.29) is 29.3 Å². The molecule has 1 fully saturated rings. The monoisotopic (exact) mass is 279 g/mol. The topological polar surface area (TPSA) is 107 Å². The molecule has 2 rings (SSSR count). The number of methoxy groups -OCH3 is 1. The molecule has 0 saturated heterocycles. The number of rotatable bonds is 5. The predicted octanol–water partition coefficient (Wildman–Crippen LogP) is 1.67. The molecular weight excluding hydrogens is 262 g/mol. The quantitative estimate of drug-likeness (QED) is 0.629. The molecule has 0 heterocycles. The van der Waals surface area contributed by atoms with Gasteiger partial charge in [-0.25, -0.2) is 0 Å². The molecule has 0 spiro atoms. The van der Waals surface area contributed by atoms with Gasteiger partial charge in [-0.1, -0.05) is 6.42 Å². The third-order valence-electron chi connectivity index (χ3n) is 3.61. The van der Waals surface area contributed by atoms with E-state index in [0.29, 0.717) is 5.69 Å². The third-order valence-corrected chi connectivity index (χ3v) is 3.61. The van der Waals surface area contributed by atoms with Gasteiger partial charge in [-0.15, -0.1) is 0 Å². The number of amides is 1. The largest absolute Gasteiger partial charge is 0.490 e. The van der Waals surface area contributed by atoms with Crippen LogP contribution in [0.1, 0.15) is 19.3 Å². The highest BCUT2D eigenvalue weighted by Crippen LogP contribution is 2.33. The lowest BCUT2D eigenvalue weighted by Crippen LogP contribution is -2.34. The minimum atomic E-state index is -0.496. The van der Waals surface area contributed by atoms with Crippen molar-refractivity contribution < 1.29 is 14.5 Å². The van der Waals surface area contributed by atoms with Crippen molar-refractivity contribution in [3.63, 3.8) is 0 Å². The first kappa shape index (κ1) is 14.1. The molecule has 7 heteroatoms. The molecule has 20 heavy (non-hydrogen) atoms. The minimum Gasteiger partial charge on any atom is -0.490 e. The summed E-state index contributed by atoms with van der Waals surface area (Å²) in [6.45, 7) is 0. The number of nitro benzene ring substituents is 1. The van der Waals surface area contributed by atoms with Crippen molar-refractivity contribution in [3.8, 4) is 5.75 Å². The number of hydrogen-bond acceptors (Lipinski definition) is 5. The Morgan fingerprint density at radius 3 is 2.85 bits per heavy atom. The molecular formula is C13H17N3O4. The van der Waals surface area contributed by atoms with Gasteiger partial charge in [0.25, 0.3) is 0 Å². The summed E-state index contributed by atoms with van der Waals surface area (Å²) in [5, 5.41) is 14.0. The summed E-state index contributed by atoms with van der Waals surface area (Å²) in [4.78, 5) is 21.7. The smallest absolute Gasteiger partial charge is 0.311 e. The number of carbonyl (C=O) groups is 1. The number of benzene rings is 1. The van der Waals surface area contributed by atoms with Crippen LogP contribution < -0.4 is 15.8 Å². The highest BCUT2D eigenvalue weighted by Gasteiger charge is 2.31. The van der Waals surface area contributed by atoms with E-state index in [1.807, 2.05) is 0 Å². The Morgan fingerprint density at radius 1 is 1.50 bits per heavy atom. The predicted molar refractivity (Wildman–Crippen MR) is 73.6 cm³/mol. The highest BCUT2D eigenvalue weighted by molar-refractivity contribution is 5.78. The SMILES string of the molecule is COc1cc(N[C@H]2CCC[C@H]2C(N)=O)ccc1[N+](=O)[O-]. The summed E-state index contributed by atoms with van der Waals surface area (Å²) in [6.07, 6.45) is 2.57. The van der Waals surface area contributed by atoms with Crippen molar-refractivity contribution in [2.45, 2.75) is 25.3 Å². The Kier molecular flexibility index (Phi) is 4.07. The van der Waals surface area contributed by atoms with Crippen LogP contribution in [0.15, 0.2) is 18.2 Å². The lowest BCUT2D eigenvalue weighted by Gasteiger charge is -2.19. The number of anilines is 1. The van der Waals surface area contributed by atoms with Crippen molar-refractivity contribution >= 4 is 17.3 Å². The second-order valence-corrected chi connectivity index (χ2v) is 4.83. The fourth-order valence-corrected chi connectivity index (χ4v) is 2.61. The Hall–Kier alpha value is -2.31. The van der Waals surface area contributed by atoms with Crippen molar-refractivity contribution in [3.05, 3.63) is 28.3 Å². The molecule has 1 aromatic carbocycles. The van der Waals surface area contributed by atoms with Crippen LogP contribution in [0.2, 0.25) is 0 Å². The number of nitrogens with one attached hydrogen (secondary N) is 1. The summed E-state index contributed by atoms with van der Waals surface area (Å²) in [7, 11) is 1.38. The molecule has 2 atom stereocenters. The molecule has 0 radical (unpaired) electrons. The standard InChI is InChI=1S/C13H17N3O4/c1-20-12-7-8(5-6-11(12)16(18)19)15-10-4-2-3-9(10)13(14)17/h5-7,9-10,15H,2-4H2,1H3,(H2,14,17)/t9-,10+/m1/s1. The highest BCUT2D eigenvalue weighted by atomic mass is 16.6. The molecule has 1 aliphatic carbocycles. The lowest BCUT2D eigenvalue weighted by atomic mass is 10.0. The van der Waals surface area contributed by atoms with Crippen molar-refractivity contribution in [2.24, 2.45) is 11.7 Å². The molecule has 3 N–H and O–H groups in total.